The van der Waals surface area contributed by atoms with Gasteiger partial charge in [0.15, 0.2) is 11.1 Å². The maximum Gasteiger partial charge on any atom is 0.307 e. The first-order chi connectivity index (χ1) is 12.0. The van der Waals surface area contributed by atoms with Gasteiger partial charge in [0.1, 0.15) is 11.5 Å². The molecule has 0 radical (unpaired) electrons. The minimum absolute atomic E-state index is 0.141. The van der Waals surface area contributed by atoms with E-state index in [0.29, 0.717) is 38.9 Å². The van der Waals surface area contributed by atoms with Crippen molar-refractivity contribution in [3.8, 4) is 11.5 Å². The van der Waals surface area contributed by atoms with E-state index in [2.05, 4.69) is 10.3 Å². The second kappa shape index (κ2) is 6.90. The van der Waals surface area contributed by atoms with Crippen LogP contribution in [0.15, 0.2) is 34.7 Å². The molecule has 0 bridgehead atoms. The lowest BCUT2D eigenvalue weighted by molar-refractivity contribution is -0.136. The number of ether oxygens (including phenoxy) is 2. The van der Waals surface area contributed by atoms with Gasteiger partial charge in [0.2, 0.25) is 0 Å². The highest BCUT2D eigenvalue weighted by atomic mass is 35.5. The highest BCUT2D eigenvalue weighted by Crippen LogP contribution is 2.34. The van der Waals surface area contributed by atoms with Gasteiger partial charge in [-0.15, -0.1) is 0 Å². The molecule has 0 atom stereocenters. The number of aromatic nitrogens is 1. The molecule has 0 saturated heterocycles. The van der Waals surface area contributed by atoms with Crippen LogP contribution in [0.1, 0.15) is 5.56 Å². The van der Waals surface area contributed by atoms with Gasteiger partial charge < -0.3 is 24.3 Å². The molecular formula is C17H15ClN2O5. The summed E-state index contributed by atoms with van der Waals surface area (Å²) in [4.78, 5) is 15.3. The molecule has 0 unspecified atom stereocenters. The van der Waals surface area contributed by atoms with E-state index in [1.165, 1.54) is 7.11 Å². The number of oxazole rings is 1. The Kier molecular flexibility index (Phi) is 4.67. The van der Waals surface area contributed by atoms with Crippen LogP contribution in [0.2, 0.25) is 5.02 Å². The van der Waals surface area contributed by atoms with E-state index >= 15 is 0 Å². The van der Waals surface area contributed by atoms with Crippen LogP contribution in [-0.2, 0) is 11.2 Å². The second-order valence-electron chi connectivity index (χ2n) is 5.20. The number of nitrogens with zero attached hydrogens (tertiary/aromatic N) is 1. The van der Waals surface area contributed by atoms with Crippen LogP contribution in [0, 0.1) is 0 Å². The molecule has 130 valence electrons. The number of aliphatic carboxylic acids is 1. The lowest BCUT2D eigenvalue weighted by atomic mass is 10.1. The van der Waals surface area contributed by atoms with Gasteiger partial charge in [-0.2, -0.15) is 4.98 Å². The number of carboxylic acids is 1. The van der Waals surface area contributed by atoms with Gasteiger partial charge in [-0.25, -0.2) is 0 Å². The van der Waals surface area contributed by atoms with Crippen LogP contribution in [0.25, 0.3) is 11.1 Å². The average Bonchev–Trinajstić information content (AvgIpc) is 2.96. The van der Waals surface area contributed by atoms with Crippen molar-refractivity contribution in [2.45, 2.75) is 6.42 Å². The quantitative estimate of drug-likeness (QED) is 0.687. The number of methoxy groups -OCH3 is 2. The van der Waals surface area contributed by atoms with Crippen molar-refractivity contribution in [3.63, 3.8) is 0 Å². The highest BCUT2D eigenvalue weighted by Gasteiger charge is 2.15. The van der Waals surface area contributed by atoms with Crippen LogP contribution in [0.3, 0.4) is 0 Å². The van der Waals surface area contributed by atoms with E-state index < -0.39 is 5.97 Å². The van der Waals surface area contributed by atoms with Crippen LogP contribution < -0.4 is 14.8 Å². The molecule has 0 saturated carbocycles. The van der Waals surface area contributed by atoms with Crippen LogP contribution in [0.5, 0.6) is 11.5 Å². The van der Waals surface area contributed by atoms with Gasteiger partial charge >= 0.3 is 12.0 Å². The van der Waals surface area contributed by atoms with E-state index in [0.717, 1.165) is 0 Å². The Labute approximate surface area is 148 Å². The molecule has 0 spiro atoms. The largest absolute Gasteiger partial charge is 0.495 e. The Morgan fingerprint density at radius 2 is 2.00 bits per heavy atom. The number of rotatable bonds is 6. The number of carboxylic acid groups (broad SMARTS) is 1. The predicted molar refractivity (Wildman–Crippen MR) is 93.2 cm³/mol. The lowest BCUT2D eigenvalue weighted by Gasteiger charge is -2.08. The van der Waals surface area contributed by atoms with Crippen molar-refractivity contribution in [1.82, 2.24) is 4.98 Å². The van der Waals surface area contributed by atoms with Gasteiger partial charge in [0.05, 0.1) is 26.3 Å². The van der Waals surface area contributed by atoms with Crippen molar-refractivity contribution >= 4 is 40.4 Å². The van der Waals surface area contributed by atoms with Crippen LogP contribution >= 0.6 is 11.6 Å². The Bertz CT molecular complexity index is 938. The van der Waals surface area contributed by atoms with E-state index in [1.54, 1.807) is 37.4 Å². The molecule has 0 aliphatic rings. The molecule has 0 amide bonds. The zero-order chi connectivity index (χ0) is 18.0. The van der Waals surface area contributed by atoms with Crippen molar-refractivity contribution in [1.29, 1.82) is 0 Å². The minimum atomic E-state index is -0.942. The molecule has 1 aromatic heterocycles. The number of benzene rings is 2. The highest BCUT2D eigenvalue weighted by molar-refractivity contribution is 6.31. The third kappa shape index (κ3) is 3.61. The van der Waals surface area contributed by atoms with Gasteiger partial charge in [-0.1, -0.05) is 11.6 Å². The number of nitrogens with one attached hydrogen (secondary N) is 1. The zero-order valence-electron chi connectivity index (χ0n) is 13.5. The Morgan fingerprint density at radius 1 is 1.24 bits per heavy atom. The molecule has 25 heavy (non-hydrogen) atoms. The Hall–Kier alpha value is -2.93. The molecule has 1 heterocycles. The molecule has 0 fully saturated rings. The smallest absolute Gasteiger partial charge is 0.307 e. The fourth-order valence-corrected chi connectivity index (χ4v) is 2.60. The van der Waals surface area contributed by atoms with Gasteiger partial charge in [-0.05, 0) is 35.9 Å². The molecular weight excluding hydrogens is 348 g/mol. The summed E-state index contributed by atoms with van der Waals surface area (Å²) in [6.45, 7) is 0. The van der Waals surface area contributed by atoms with E-state index in [4.69, 9.17) is 30.6 Å². The number of hydrogen-bond acceptors (Lipinski definition) is 6. The summed E-state index contributed by atoms with van der Waals surface area (Å²) >= 11 is 6.01. The number of anilines is 2. The normalized spacial score (nSPS) is 10.7. The van der Waals surface area contributed by atoms with E-state index in [-0.39, 0.29) is 12.4 Å². The molecule has 3 aromatic rings. The summed E-state index contributed by atoms with van der Waals surface area (Å²) in [5.74, 6) is 0.0664. The maximum absolute atomic E-state index is 10.9. The molecule has 2 N–H and O–H groups in total. The third-order valence-corrected chi connectivity index (χ3v) is 3.73. The third-order valence-electron chi connectivity index (χ3n) is 3.50. The molecule has 8 heteroatoms. The number of carbonyl (C=O) groups is 1. The molecule has 3 rings (SSSR count). The van der Waals surface area contributed by atoms with Crippen LogP contribution in [0.4, 0.5) is 11.7 Å². The summed E-state index contributed by atoms with van der Waals surface area (Å²) in [6.07, 6.45) is -0.141. The first-order valence-electron chi connectivity index (χ1n) is 7.30. The summed E-state index contributed by atoms with van der Waals surface area (Å²) in [6, 6.07) is 8.57. The summed E-state index contributed by atoms with van der Waals surface area (Å²) in [5.41, 5.74) is 2.05. The number of hydrogen-bond donors (Lipinski definition) is 2. The monoisotopic (exact) mass is 362 g/mol. The summed E-state index contributed by atoms with van der Waals surface area (Å²) in [7, 11) is 3.03. The second-order valence-corrected chi connectivity index (χ2v) is 5.64. The fourth-order valence-electron chi connectivity index (χ4n) is 2.43. The fraction of sp³-hybridized carbons (Fsp3) is 0.176. The van der Waals surface area contributed by atoms with Gasteiger partial charge in [-0.3, -0.25) is 4.79 Å². The standard InChI is InChI=1S/C17H15ClN2O5/c1-23-12-4-3-10(18)8-11(12)19-17-20-16-13(24-2)5-9(7-15(21)22)6-14(16)25-17/h3-6,8H,7H2,1-2H3,(H,19,20)(H,21,22). The molecule has 0 aliphatic carbocycles. The first-order valence-corrected chi connectivity index (χ1v) is 7.67. The predicted octanol–water partition coefficient (Wildman–Crippen LogP) is 3.87. The Morgan fingerprint density at radius 3 is 2.68 bits per heavy atom. The number of fused-ring (bicyclic) bond motifs is 1. The summed E-state index contributed by atoms with van der Waals surface area (Å²) in [5, 5.41) is 12.5. The number of halogens is 1. The first kappa shape index (κ1) is 16.9. The lowest BCUT2D eigenvalue weighted by Crippen LogP contribution is -2.00. The maximum atomic E-state index is 10.9. The molecule has 2 aromatic carbocycles. The SMILES string of the molecule is COc1ccc(Cl)cc1Nc1nc2c(OC)cc(CC(=O)O)cc2o1. The van der Waals surface area contributed by atoms with Gasteiger partial charge in [0, 0.05) is 5.02 Å². The summed E-state index contributed by atoms with van der Waals surface area (Å²) < 4.78 is 16.2. The van der Waals surface area contributed by atoms with Crippen LogP contribution in [-0.4, -0.2) is 30.3 Å². The van der Waals surface area contributed by atoms with Crippen molar-refractivity contribution in [2.75, 3.05) is 19.5 Å². The molecule has 0 aliphatic heterocycles. The Balaban J connectivity index is 2.01. The van der Waals surface area contributed by atoms with Crippen molar-refractivity contribution in [2.24, 2.45) is 0 Å². The van der Waals surface area contributed by atoms with E-state index in [1.807, 2.05) is 0 Å². The minimum Gasteiger partial charge on any atom is -0.495 e. The topological polar surface area (TPSA) is 93.8 Å². The molecule has 7 nitrogen and oxygen atoms in total. The average molecular weight is 363 g/mol. The van der Waals surface area contributed by atoms with Crippen molar-refractivity contribution in [3.05, 3.63) is 40.9 Å². The van der Waals surface area contributed by atoms with Crippen molar-refractivity contribution < 1.29 is 23.8 Å². The zero-order valence-corrected chi connectivity index (χ0v) is 14.3. The van der Waals surface area contributed by atoms with E-state index in [9.17, 15) is 4.79 Å². The van der Waals surface area contributed by atoms with Gasteiger partial charge in [0.25, 0.3) is 0 Å².